The Kier molecular flexibility index (Phi) is 4.51. The minimum absolute atomic E-state index is 0.0303. The van der Waals surface area contributed by atoms with E-state index in [1.807, 2.05) is 12.1 Å². The van der Waals surface area contributed by atoms with Crippen LogP contribution in [0.4, 0.5) is 4.39 Å². The van der Waals surface area contributed by atoms with Gasteiger partial charge < -0.3 is 14.8 Å². The number of carbonyl (C=O) groups is 1. The number of nitrogens with one attached hydrogen (secondary N) is 1. The molecule has 1 aromatic carbocycles. The maximum Gasteiger partial charge on any atom is 0.310 e. The third kappa shape index (κ3) is 3.17. The van der Waals surface area contributed by atoms with Gasteiger partial charge in [0, 0.05) is 12.5 Å². The molecule has 0 unspecified atom stereocenters. The van der Waals surface area contributed by atoms with E-state index in [-0.39, 0.29) is 34.8 Å². The van der Waals surface area contributed by atoms with Crippen molar-refractivity contribution < 1.29 is 18.7 Å². The molecule has 1 aromatic rings. The van der Waals surface area contributed by atoms with Crippen LogP contribution in [0.25, 0.3) is 0 Å². The van der Waals surface area contributed by atoms with Gasteiger partial charge >= 0.3 is 5.97 Å². The Morgan fingerprint density at radius 3 is 2.79 bits per heavy atom. The van der Waals surface area contributed by atoms with Gasteiger partial charge in [-0.1, -0.05) is 19.1 Å². The van der Waals surface area contributed by atoms with Gasteiger partial charge in [0.25, 0.3) is 0 Å². The molecule has 0 radical (unpaired) electrons. The Morgan fingerprint density at radius 1 is 1.25 bits per heavy atom. The number of halogens is 1. The minimum Gasteiger partial charge on any atom is -0.462 e. The molecular formula is C23H30FNO3. The molecule has 2 aliphatic carbocycles. The van der Waals surface area contributed by atoms with E-state index >= 15 is 0 Å². The van der Waals surface area contributed by atoms with Crippen LogP contribution in [0.5, 0.6) is 0 Å². The lowest BCUT2D eigenvalue weighted by Crippen LogP contribution is -2.51. The Hall–Kier alpha value is -1.46. The summed E-state index contributed by atoms with van der Waals surface area (Å²) in [5.74, 6) is 0.577. The highest BCUT2D eigenvalue weighted by Crippen LogP contribution is 2.62. The quantitative estimate of drug-likeness (QED) is 0.477. The summed E-state index contributed by atoms with van der Waals surface area (Å²) in [6.07, 6.45) is 6.58. The molecule has 6 atom stereocenters. The summed E-state index contributed by atoms with van der Waals surface area (Å²) in [6, 6.07) is 6.62. The largest absolute Gasteiger partial charge is 0.462 e. The van der Waals surface area contributed by atoms with Gasteiger partial charge in [0.15, 0.2) is 0 Å². The van der Waals surface area contributed by atoms with Crippen molar-refractivity contribution in [2.75, 3.05) is 19.7 Å². The molecule has 0 bridgehead atoms. The van der Waals surface area contributed by atoms with Crippen molar-refractivity contribution in [2.24, 2.45) is 23.2 Å². The van der Waals surface area contributed by atoms with Crippen LogP contribution in [0.3, 0.4) is 0 Å². The zero-order valence-electron chi connectivity index (χ0n) is 16.6. The number of rotatable bonds is 5. The van der Waals surface area contributed by atoms with E-state index in [1.165, 1.54) is 31.4 Å². The summed E-state index contributed by atoms with van der Waals surface area (Å²) in [4.78, 5) is 12.6. The van der Waals surface area contributed by atoms with E-state index in [0.29, 0.717) is 18.4 Å². The average molecular weight is 387 g/mol. The fraction of sp³-hybridized carbons (Fsp3) is 0.696. The van der Waals surface area contributed by atoms with Crippen molar-refractivity contribution >= 4 is 5.97 Å². The third-order valence-corrected chi connectivity index (χ3v) is 7.95. The van der Waals surface area contributed by atoms with Crippen LogP contribution in [-0.4, -0.2) is 37.4 Å². The number of fused-ring (bicyclic) bond motifs is 3. The first-order chi connectivity index (χ1) is 13.5. The third-order valence-electron chi connectivity index (χ3n) is 7.95. The summed E-state index contributed by atoms with van der Waals surface area (Å²) in [7, 11) is 0. The van der Waals surface area contributed by atoms with Gasteiger partial charge in [-0.3, -0.25) is 4.79 Å². The molecule has 2 heterocycles. The average Bonchev–Trinajstić information content (AvgIpc) is 3.36. The fourth-order valence-corrected chi connectivity index (χ4v) is 6.33. The van der Waals surface area contributed by atoms with Crippen LogP contribution in [0.2, 0.25) is 0 Å². The summed E-state index contributed by atoms with van der Waals surface area (Å²) >= 11 is 0. The molecule has 0 amide bonds. The first kappa shape index (κ1) is 18.6. The van der Waals surface area contributed by atoms with E-state index < -0.39 is 0 Å². The second-order valence-electron chi connectivity index (χ2n) is 9.68. The number of hydrogen-bond donors (Lipinski definition) is 1. The van der Waals surface area contributed by atoms with E-state index in [0.717, 1.165) is 38.0 Å². The molecule has 28 heavy (non-hydrogen) atoms. The molecule has 2 saturated carbocycles. The van der Waals surface area contributed by atoms with E-state index in [1.54, 1.807) is 0 Å². The molecule has 2 aliphatic heterocycles. The number of hydrogen-bond acceptors (Lipinski definition) is 4. The second-order valence-corrected chi connectivity index (χ2v) is 9.68. The normalized spacial score (nSPS) is 41.4. The molecule has 152 valence electrons. The SMILES string of the molecule is C[C@]12CCC[C@]3(CO3)[C@@H]1C[C@H]1[C@@H](C2)OC(=O)[C@@H]1CNCCc1ccc(F)cc1. The van der Waals surface area contributed by atoms with Gasteiger partial charge in [-0.2, -0.15) is 0 Å². The minimum atomic E-state index is -0.208. The Labute approximate surface area is 166 Å². The number of esters is 1. The molecule has 5 rings (SSSR count). The van der Waals surface area contributed by atoms with E-state index in [9.17, 15) is 9.18 Å². The van der Waals surface area contributed by atoms with Gasteiger partial charge in [0.1, 0.15) is 11.9 Å². The zero-order valence-corrected chi connectivity index (χ0v) is 16.6. The number of benzene rings is 1. The number of epoxide rings is 1. The molecule has 4 fully saturated rings. The van der Waals surface area contributed by atoms with Crippen LogP contribution >= 0.6 is 0 Å². The summed E-state index contributed by atoms with van der Waals surface area (Å²) in [6.45, 7) is 4.73. The maximum atomic E-state index is 13.0. The predicted molar refractivity (Wildman–Crippen MR) is 103 cm³/mol. The summed E-state index contributed by atoms with van der Waals surface area (Å²) < 4.78 is 24.8. The lowest BCUT2D eigenvalue weighted by atomic mass is 9.53. The van der Waals surface area contributed by atoms with Crippen molar-refractivity contribution in [2.45, 2.75) is 57.2 Å². The summed E-state index contributed by atoms with van der Waals surface area (Å²) in [5.41, 5.74) is 1.45. The Morgan fingerprint density at radius 2 is 2.04 bits per heavy atom. The molecule has 1 spiro atoms. The van der Waals surface area contributed by atoms with Gasteiger partial charge in [0.05, 0.1) is 18.1 Å². The van der Waals surface area contributed by atoms with Crippen LogP contribution in [0.15, 0.2) is 24.3 Å². The molecule has 4 nitrogen and oxygen atoms in total. The standard InChI is InChI=1S/C23H30FNO3/c1-22-8-2-9-23(14-27-23)20(22)11-17-18(21(26)28-19(17)12-22)13-25-10-7-15-3-5-16(24)6-4-15/h3-6,17-20,25H,2,7-14H2,1H3/t17-,18-,19-,20-,22-,23+/m1/s1. The first-order valence-electron chi connectivity index (χ1n) is 10.8. The first-order valence-corrected chi connectivity index (χ1v) is 10.8. The van der Waals surface area contributed by atoms with Gasteiger partial charge in [0.2, 0.25) is 0 Å². The van der Waals surface area contributed by atoms with Crippen LogP contribution in [0.1, 0.15) is 44.6 Å². The highest BCUT2D eigenvalue weighted by atomic mass is 19.1. The lowest BCUT2D eigenvalue weighted by Gasteiger charge is -2.51. The van der Waals surface area contributed by atoms with E-state index in [4.69, 9.17) is 9.47 Å². The van der Waals surface area contributed by atoms with Gasteiger partial charge in [-0.05, 0) is 74.1 Å². The zero-order chi connectivity index (χ0) is 19.4. The van der Waals surface area contributed by atoms with Crippen LogP contribution in [0, 0.1) is 29.0 Å². The monoisotopic (exact) mass is 387 g/mol. The lowest BCUT2D eigenvalue weighted by molar-refractivity contribution is -0.147. The maximum absolute atomic E-state index is 13.0. The topological polar surface area (TPSA) is 50.9 Å². The van der Waals surface area contributed by atoms with Crippen molar-refractivity contribution in [1.82, 2.24) is 5.32 Å². The highest BCUT2D eigenvalue weighted by molar-refractivity contribution is 5.75. The molecule has 2 saturated heterocycles. The number of ether oxygens (including phenoxy) is 2. The molecule has 4 aliphatic rings. The Bertz CT molecular complexity index is 747. The van der Waals surface area contributed by atoms with Crippen LogP contribution in [-0.2, 0) is 20.7 Å². The van der Waals surface area contributed by atoms with Crippen molar-refractivity contribution in [3.63, 3.8) is 0 Å². The molecular weight excluding hydrogens is 357 g/mol. The summed E-state index contributed by atoms with van der Waals surface area (Å²) in [5, 5.41) is 3.45. The second kappa shape index (κ2) is 6.81. The van der Waals surface area contributed by atoms with Crippen molar-refractivity contribution in [1.29, 1.82) is 0 Å². The Balaban J connectivity index is 1.20. The predicted octanol–water partition coefficient (Wildman–Crippen LogP) is 3.48. The van der Waals surface area contributed by atoms with Gasteiger partial charge in [-0.25, -0.2) is 4.39 Å². The van der Waals surface area contributed by atoms with Crippen LogP contribution < -0.4 is 5.32 Å². The number of carbonyl (C=O) groups excluding carboxylic acids is 1. The van der Waals surface area contributed by atoms with Crippen molar-refractivity contribution in [3.8, 4) is 0 Å². The van der Waals surface area contributed by atoms with Gasteiger partial charge in [-0.15, -0.1) is 0 Å². The highest BCUT2D eigenvalue weighted by Gasteiger charge is 2.64. The van der Waals surface area contributed by atoms with E-state index in [2.05, 4.69) is 12.2 Å². The fourth-order valence-electron chi connectivity index (χ4n) is 6.33. The molecule has 5 heteroatoms. The smallest absolute Gasteiger partial charge is 0.310 e. The van der Waals surface area contributed by atoms with Crippen molar-refractivity contribution in [3.05, 3.63) is 35.6 Å². The molecule has 1 N–H and O–H groups in total. The molecule has 0 aromatic heterocycles.